The largest absolute Gasteiger partial charge is 0.383 e. The fourth-order valence-corrected chi connectivity index (χ4v) is 3.99. The Hall–Kier alpha value is -3.32. The topological polar surface area (TPSA) is 12.0 Å². The minimum Gasteiger partial charge on any atom is -0.383 e. The number of allylic oxidation sites excluding steroid dienone is 5. The molecule has 0 spiro atoms. The molecule has 0 atom stereocenters. The van der Waals surface area contributed by atoms with E-state index in [4.69, 9.17) is 0 Å². The van der Waals surface area contributed by atoms with Crippen LogP contribution in [0.4, 0.5) is 5.69 Å². The maximum absolute atomic E-state index is 3.71. The summed E-state index contributed by atoms with van der Waals surface area (Å²) < 4.78 is 0. The predicted molar refractivity (Wildman–Crippen MR) is 142 cm³/mol. The Morgan fingerprint density at radius 1 is 0.625 bits per heavy atom. The van der Waals surface area contributed by atoms with E-state index in [9.17, 15) is 0 Å². The van der Waals surface area contributed by atoms with Gasteiger partial charge in [0.1, 0.15) is 0 Å². The molecular weight excluding hydrogens is 386 g/mol. The van der Waals surface area contributed by atoms with Gasteiger partial charge < -0.3 is 5.32 Å². The molecule has 1 heteroatoms. The van der Waals surface area contributed by atoms with Gasteiger partial charge in [-0.25, -0.2) is 0 Å². The zero-order valence-electron chi connectivity index (χ0n) is 20.0. The van der Waals surface area contributed by atoms with Crippen LogP contribution in [-0.4, -0.2) is 6.54 Å². The van der Waals surface area contributed by atoms with Gasteiger partial charge in [-0.1, -0.05) is 137 Å². The first-order chi connectivity index (χ1) is 15.9. The van der Waals surface area contributed by atoms with Crippen LogP contribution in [0.25, 0.3) is 0 Å². The van der Waals surface area contributed by atoms with Gasteiger partial charge in [-0.3, -0.25) is 0 Å². The number of benzene rings is 3. The summed E-state index contributed by atoms with van der Waals surface area (Å²) in [5.41, 5.74) is 4.88. The van der Waals surface area contributed by atoms with Gasteiger partial charge in [0.2, 0.25) is 0 Å². The summed E-state index contributed by atoms with van der Waals surface area (Å²) in [5, 5.41) is 3.71. The Labute approximate surface area is 195 Å². The third-order valence-electron chi connectivity index (χ3n) is 5.41. The number of para-hydroxylation sites is 1. The number of rotatable bonds is 6. The molecule has 0 saturated heterocycles. The molecule has 0 bridgehead atoms. The third kappa shape index (κ3) is 6.11. The zero-order valence-corrected chi connectivity index (χ0v) is 20.0. The van der Waals surface area contributed by atoms with Crippen molar-refractivity contribution in [2.24, 2.45) is 0 Å². The van der Waals surface area contributed by atoms with Crippen LogP contribution in [-0.2, 0) is 5.41 Å². The van der Waals surface area contributed by atoms with Crippen LogP contribution >= 0.6 is 0 Å². The monoisotopic (exact) mass is 423 g/mol. The van der Waals surface area contributed by atoms with Crippen LogP contribution < -0.4 is 5.32 Å². The average Bonchev–Trinajstić information content (AvgIpc) is 3.19. The van der Waals surface area contributed by atoms with Crippen LogP contribution in [0.15, 0.2) is 127 Å². The molecule has 0 fully saturated rings. The van der Waals surface area contributed by atoms with Crippen LogP contribution in [0.2, 0.25) is 0 Å². The molecular formula is C31H37N. The molecule has 0 unspecified atom stereocenters. The fraction of sp³-hybridized carbons (Fsp3) is 0.226. The summed E-state index contributed by atoms with van der Waals surface area (Å²) in [4.78, 5) is 0. The van der Waals surface area contributed by atoms with E-state index < -0.39 is 0 Å². The SMILES string of the molecule is C1=CC=C(C(CNc2ccccc2)(c2ccccc2)c2ccccc2)CC=C1.CC.CC. The van der Waals surface area contributed by atoms with E-state index in [0.29, 0.717) is 0 Å². The van der Waals surface area contributed by atoms with Crippen LogP contribution in [0.1, 0.15) is 45.2 Å². The van der Waals surface area contributed by atoms with Gasteiger partial charge in [-0.15, -0.1) is 0 Å². The van der Waals surface area contributed by atoms with Crippen molar-refractivity contribution < 1.29 is 0 Å². The molecule has 166 valence electrons. The highest BCUT2D eigenvalue weighted by Gasteiger charge is 2.37. The second kappa shape index (κ2) is 13.9. The van der Waals surface area contributed by atoms with E-state index in [1.807, 2.05) is 27.7 Å². The maximum Gasteiger partial charge on any atom is 0.0589 e. The maximum atomic E-state index is 3.71. The Morgan fingerprint density at radius 3 is 1.66 bits per heavy atom. The number of hydrogen-bond acceptors (Lipinski definition) is 1. The van der Waals surface area contributed by atoms with Gasteiger partial charge in [0.15, 0.2) is 0 Å². The predicted octanol–water partition coefficient (Wildman–Crippen LogP) is 8.58. The summed E-state index contributed by atoms with van der Waals surface area (Å²) in [6, 6.07) is 32.2. The second-order valence-electron chi connectivity index (χ2n) is 7.07. The Balaban J connectivity index is 0.000000860. The van der Waals surface area contributed by atoms with E-state index in [2.05, 4.69) is 127 Å². The molecule has 3 aromatic carbocycles. The highest BCUT2D eigenvalue weighted by atomic mass is 14.9. The zero-order chi connectivity index (χ0) is 23.1. The molecule has 0 aliphatic heterocycles. The van der Waals surface area contributed by atoms with E-state index >= 15 is 0 Å². The molecule has 32 heavy (non-hydrogen) atoms. The van der Waals surface area contributed by atoms with E-state index in [1.54, 1.807) is 0 Å². The normalized spacial score (nSPS) is 12.3. The van der Waals surface area contributed by atoms with Gasteiger partial charge in [0.25, 0.3) is 0 Å². The lowest BCUT2D eigenvalue weighted by Gasteiger charge is -2.38. The van der Waals surface area contributed by atoms with Gasteiger partial charge in [-0.05, 0) is 35.3 Å². The van der Waals surface area contributed by atoms with Gasteiger partial charge in [0, 0.05) is 12.2 Å². The Kier molecular flexibility index (Phi) is 10.8. The van der Waals surface area contributed by atoms with Crippen LogP contribution in [0.3, 0.4) is 0 Å². The standard InChI is InChI=1S/C27H25N.2C2H6/c1-2-7-15-23(14-6-1)27(24-16-8-3-9-17-24,25-18-10-4-11-19-25)22-28-26-20-12-5-13-21-26;2*1-2/h1-14,16-21,28H,15,22H2;2*1-2H3. The number of hydrogen-bond donors (Lipinski definition) is 1. The molecule has 0 aromatic heterocycles. The summed E-state index contributed by atoms with van der Waals surface area (Å²) in [7, 11) is 0. The molecule has 0 amide bonds. The molecule has 0 saturated carbocycles. The lowest BCUT2D eigenvalue weighted by Crippen LogP contribution is -2.38. The van der Waals surface area contributed by atoms with Crippen molar-refractivity contribution >= 4 is 5.69 Å². The average molecular weight is 424 g/mol. The first kappa shape index (κ1) is 24.9. The van der Waals surface area contributed by atoms with Crippen molar-refractivity contribution in [3.05, 3.63) is 138 Å². The first-order valence-electron chi connectivity index (χ1n) is 11.8. The van der Waals surface area contributed by atoms with Crippen molar-refractivity contribution in [3.63, 3.8) is 0 Å². The highest BCUT2D eigenvalue weighted by molar-refractivity contribution is 5.54. The summed E-state index contributed by atoms with van der Waals surface area (Å²) in [6.45, 7) is 8.79. The molecule has 0 heterocycles. The van der Waals surface area contributed by atoms with Gasteiger partial charge in [0.05, 0.1) is 5.41 Å². The molecule has 0 radical (unpaired) electrons. The molecule has 1 aliphatic rings. The summed E-state index contributed by atoms with van der Waals surface area (Å²) >= 11 is 0. The lowest BCUT2D eigenvalue weighted by atomic mass is 9.67. The van der Waals surface area contributed by atoms with Crippen LogP contribution in [0, 0.1) is 0 Å². The Morgan fingerprint density at radius 2 is 1.12 bits per heavy atom. The van der Waals surface area contributed by atoms with Gasteiger partial charge >= 0.3 is 0 Å². The van der Waals surface area contributed by atoms with Crippen molar-refractivity contribution in [2.45, 2.75) is 39.5 Å². The molecule has 1 N–H and O–H groups in total. The van der Waals surface area contributed by atoms with E-state index in [0.717, 1.165) is 18.7 Å². The lowest BCUT2D eigenvalue weighted by molar-refractivity contribution is 0.622. The smallest absolute Gasteiger partial charge is 0.0589 e. The quantitative estimate of drug-likeness (QED) is 0.418. The number of nitrogens with one attached hydrogen (secondary N) is 1. The molecule has 4 rings (SSSR count). The minimum absolute atomic E-state index is 0.253. The van der Waals surface area contributed by atoms with E-state index in [-0.39, 0.29) is 5.41 Å². The highest BCUT2D eigenvalue weighted by Crippen LogP contribution is 2.41. The summed E-state index contributed by atoms with van der Waals surface area (Å²) in [5.74, 6) is 0. The molecule has 1 nitrogen and oxygen atoms in total. The van der Waals surface area contributed by atoms with Crippen molar-refractivity contribution in [1.29, 1.82) is 0 Å². The molecule has 3 aromatic rings. The number of anilines is 1. The fourth-order valence-electron chi connectivity index (χ4n) is 3.99. The van der Waals surface area contributed by atoms with Gasteiger partial charge in [-0.2, -0.15) is 0 Å². The second-order valence-corrected chi connectivity index (χ2v) is 7.07. The van der Waals surface area contributed by atoms with Crippen molar-refractivity contribution in [2.75, 3.05) is 11.9 Å². The third-order valence-corrected chi connectivity index (χ3v) is 5.41. The summed E-state index contributed by atoms with van der Waals surface area (Å²) in [6.07, 6.45) is 11.9. The van der Waals surface area contributed by atoms with Crippen molar-refractivity contribution in [3.8, 4) is 0 Å². The van der Waals surface area contributed by atoms with Crippen LogP contribution in [0.5, 0.6) is 0 Å². The van der Waals surface area contributed by atoms with E-state index in [1.165, 1.54) is 16.7 Å². The Bertz CT molecular complexity index is 927. The minimum atomic E-state index is -0.253. The molecule has 1 aliphatic carbocycles. The van der Waals surface area contributed by atoms with Crippen molar-refractivity contribution in [1.82, 2.24) is 0 Å². The first-order valence-corrected chi connectivity index (χ1v) is 11.8.